The lowest BCUT2D eigenvalue weighted by molar-refractivity contribution is -0.115. The summed E-state index contributed by atoms with van der Waals surface area (Å²) in [7, 11) is 0. The lowest BCUT2D eigenvalue weighted by atomic mass is 10.1. The molecule has 3 rings (SSSR count). The van der Waals surface area contributed by atoms with Crippen LogP contribution < -0.4 is 10.6 Å². The highest BCUT2D eigenvalue weighted by atomic mass is 32.2. The molecule has 3 aromatic carbocycles. The van der Waals surface area contributed by atoms with E-state index in [-0.39, 0.29) is 22.3 Å². The summed E-state index contributed by atoms with van der Waals surface area (Å²) in [4.78, 5) is 37.4. The SMILES string of the molecule is Cc1ccc(NC(=O)C(C)Sc2cccc(NC(=O)c3ccccc3C(=O)O)c2)cc1C. The molecular formula is C25H24N2O4S. The molecule has 2 amide bonds. The number of carbonyl (C=O) groups excluding carboxylic acids is 2. The van der Waals surface area contributed by atoms with Crippen molar-refractivity contribution in [1.82, 2.24) is 0 Å². The van der Waals surface area contributed by atoms with Gasteiger partial charge in [-0.15, -0.1) is 11.8 Å². The van der Waals surface area contributed by atoms with Crippen LogP contribution in [-0.2, 0) is 4.79 Å². The minimum Gasteiger partial charge on any atom is -0.478 e. The molecule has 0 saturated carbocycles. The molecule has 0 aromatic heterocycles. The summed E-state index contributed by atoms with van der Waals surface area (Å²) in [5.41, 5.74) is 3.56. The van der Waals surface area contributed by atoms with Gasteiger partial charge in [-0.2, -0.15) is 0 Å². The Bertz CT molecular complexity index is 1180. The van der Waals surface area contributed by atoms with Gasteiger partial charge in [-0.25, -0.2) is 4.79 Å². The van der Waals surface area contributed by atoms with Crippen LogP contribution in [0.25, 0.3) is 0 Å². The molecule has 7 heteroatoms. The molecule has 0 aliphatic rings. The average Bonchev–Trinajstić information content (AvgIpc) is 2.76. The highest BCUT2D eigenvalue weighted by Crippen LogP contribution is 2.27. The number of anilines is 2. The van der Waals surface area contributed by atoms with Gasteiger partial charge in [0.25, 0.3) is 5.91 Å². The fourth-order valence-corrected chi connectivity index (χ4v) is 3.96. The van der Waals surface area contributed by atoms with Crippen molar-refractivity contribution >= 4 is 40.9 Å². The lowest BCUT2D eigenvalue weighted by Gasteiger charge is -2.14. The number of nitrogens with one attached hydrogen (secondary N) is 2. The van der Waals surface area contributed by atoms with E-state index < -0.39 is 11.9 Å². The van der Waals surface area contributed by atoms with Gasteiger partial charge in [-0.05, 0) is 74.4 Å². The first-order valence-corrected chi connectivity index (χ1v) is 10.9. The molecule has 32 heavy (non-hydrogen) atoms. The minimum atomic E-state index is -1.16. The number of benzene rings is 3. The molecule has 0 bridgehead atoms. The van der Waals surface area contributed by atoms with E-state index in [0.29, 0.717) is 5.69 Å². The highest BCUT2D eigenvalue weighted by molar-refractivity contribution is 8.00. The van der Waals surface area contributed by atoms with Crippen molar-refractivity contribution in [1.29, 1.82) is 0 Å². The number of hydrogen-bond acceptors (Lipinski definition) is 4. The Morgan fingerprint density at radius 1 is 0.812 bits per heavy atom. The van der Waals surface area contributed by atoms with Crippen LogP contribution in [0.15, 0.2) is 71.6 Å². The maximum absolute atomic E-state index is 12.6. The van der Waals surface area contributed by atoms with E-state index in [1.54, 1.807) is 30.3 Å². The Morgan fingerprint density at radius 3 is 2.19 bits per heavy atom. The van der Waals surface area contributed by atoms with Gasteiger partial charge in [0, 0.05) is 16.3 Å². The Morgan fingerprint density at radius 2 is 1.50 bits per heavy atom. The maximum atomic E-state index is 12.6. The third-order valence-electron chi connectivity index (χ3n) is 4.95. The quantitative estimate of drug-likeness (QED) is 0.422. The van der Waals surface area contributed by atoms with Crippen LogP contribution in [0.4, 0.5) is 11.4 Å². The number of thioether (sulfide) groups is 1. The second-order valence-electron chi connectivity index (χ2n) is 7.38. The molecule has 0 spiro atoms. The van der Waals surface area contributed by atoms with E-state index in [0.717, 1.165) is 21.7 Å². The van der Waals surface area contributed by atoms with Gasteiger partial charge in [0.1, 0.15) is 0 Å². The standard InChI is InChI=1S/C25H24N2O4S/c1-15-11-12-19(13-16(15)2)26-23(28)17(3)32-20-8-6-7-18(14-20)27-24(29)21-9-4-5-10-22(21)25(30)31/h4-14,17H,1-3H3,(H,26,28)(H,27,29)(H,30,31). The summed E-state index contributed by atoms with van der Waals surface area (Å²) in [5, 5.41) is 14.6. The first-order chi connectivity index (χ1) is 15.2. The molecule has 6 nitrogen and oxygen atoms in total. The molecule has 1 unspecified atom stereocenters. The Labute approximate surface area is 191 Å². The Kier molecular flexibility index (Phi) is 7.33. The molecule has 0 radical (unpaired) electrons. The first kappa shape index (κ1) is 23.1. The van der Waals surface area contributed by atoms with Gasteiger partial charge < -0.3 is 15.7 Å². The lowest BCUT2D eigenvalue weighted by Crippen LogP contribution is -2.22. The van der Waals surface area contributed by atoms with Crippen LogP contribution >= 0.6 is 11.8 Å². The third kappa shape index (κ3) is 5.76. The molecular weight excluding hydrogens is 424 g/mol. The fraction of sp³-hybridized carbons (Fsp3) is 0.160. The summed E-state index contributed by atoms with van der Waals surface area (Å²) >= 11 is 1.37. The van der Waals surface area contributed by atoms with Gasteiger partial charge in [-0.1, -0.05) is 24.3 Å². The van der Waals surface area contributed by atoms with Crippen molar-refractivity contribution in [2.75, 3.05) is 10.6 Å². The van der Waals surface area contributed by atoms with Gasteiger partial charge in [-0.3, -0.25) is 9.59 Å². The second-order valence-corrected chi connectivity index (χ2v) is 8.80. The molecule has 0 fully saturated rings. The summed E-state index contributed by atoms with van der Waals surface area (Å²) in [5.74, 6) is -1.79. The summed E-state index contributed by atoms with van der Waals surface area (Å²) in [6, 6.07) is 18.9. The van der Waals surface area contributed by atoms with Crippen molar-refractivity contribution in [3.63, 3.8) is 0 Å². The van der Waals surface area contributed by atoms with E-state index in [1.165, 1.54) is 23.9 Å². The first-order valence-electron chi connectivity index (χ1n) is 10.0. The van der Waals surface area contributed by atoms with E-state index in [4.69, 9.17) is 0 Å². The van der Waals surface area contributed by atoms with Gasteiger partial charge in [0.2, 0.25) is 5.91 Å². The molecule has 1 atom stereocenters. The van der Waals surface area contributed by atoms with Crippen molar-refractivity contribution in [3.8, 4) is 0 Å². The Balaban J connectivity index is 1.66. The van der Waals surface area contributed by atoms with E-state index in [9.17, 15) is 19.5 Å². The van der Waals surface area contributed by atoms with Crippen LogP contribution in [0.2, 0.25) is 0 Å². The van der Waals surface area contributed by atoms with Crippen molar-refractivity contribution in [2.45, 2.75) is 30.9 Å². The van der Waals surface area contributed by atoms with E-state index in [2.05, 4.69) is 10.6 Å². The zero-order chi connectivity index (χ0) is 23.3. The van der Waals surface area contributed by atoms with E-state index >= 15 is 0 Å². The largest absolute Gasteiger partial charge is 0.478 e. The van der Waals surface area contributed by atoms with Crippen LogP contribution in [-0.4, -0.2) is 28.1 Å². The third-order valence-corrected chi connectivity index (χ3v) is 6.04. The molecule has 164 valence electrons. The minimum absolute atomic E-state index is 0.0628. The monoisotopic (exact) mass is 448 g/mol. The number of rotatable bonds is 7. The zero-order valence-electron chi connectivity index (χ0n) is 18.0. The average molecular weight is 449 g/mol. The molecule has 3 N–H and O–H groups in total. The molecule has 0 saturated heterocycles. The highest BCUT2D eigenvalue weighted by Gasteiger charge is 2.17. The number of aryl methyl sites for hydroxylation is 2. The van der Waals surface area contributed by atoms with Gasteiger partial charge in [0.05, 0.1) is 16.4 Å². The number of hydrogen-bond donors (Lipinski definition) is 3. The van der Waals surface area contributed by atoms with E-state index in [1.807, 2.05) is 45.0 Å². The number of aromatic carboxylic acids is 1. The van der Waals surface area contributed by atoms with Crippen molar-refractivity contribution in [2.24, 2.45) is 0 Å². The number of carboxylic acid groups (broad SMARTS) is 1. The Hall–Kier alpha value is -3.58. The number of amides is 2. The summed E-state index contributed by atoms with van der Waals surface area (Å²) in [6.45, 7) is 5.83. The fourth-order valence-electron chi connectivity index (χ4n) is 3.03. The number of carbonyl (C=O) groups is 3. The van der Waals surface area contributed by atoms with Gasteiger partial charge in [0.15, 0.2) is 0 Å². The van der Waals surface area contributed by atoms with Crippen LogP contribution in [0, 0.1) is 13.8 Å². The molecule has 0 heterocycles. The zero-order valence-corrected chi connectivity index (χ0v) is 18.8. The molecule has 0 aliphatic carbocycles. The van der Waals surface area contributed by atoms with Crippen LogP contribution in [0.1, 0.15) is 38.8 Å². The summed E-state index contributed by atoms with van der Waals surface area (Å²) < 4.78 is 0. The smallest absolute Gasteiger partial charge is 0.336 e. The van der Waals surface area contributed by atoms with Crippen LogP contribution in [0.5, 0.6) is 0 Å². The molecule has 3 aromatic rings. The molecule has 0 aliphatic heterocycles. The predicted molar refractivity (Wildman–Crippen MR) is 128 cm³/mol. The predicted octanol–water partition coefficient (Wildman–Crippen LogP) is 5.37. The topological polar surface area (TPSA) is 95.5 Å². The van der Waals surface area contributed by atoms with Crippen molar-refractivity contribution in [3.05, 3.63) is 89.0 Å². The normalized spacial score (nSPS) is 11.5. The summed E-state index contributed by atoms with van der Waals surface area (Å²) in [6.07, 6.45) is 0. The number of carboxylic acids is 1. The van der Waals surface area contributed by atoms with Crippen molar-refractivity contribution < 1.29 is 19.5 Å². The van der Waals surface area contributed by atoms with Crippen LogP contribution in [0.3, 0.4) is 0 Å². The maximum Gasteiger partial charge on any atom is 0.336 e. The second kappa shape index (κ2) is 10.2. The van der Waals surface area contributed by atoms with Gasteiger partial charge >= 0.3 is 5.97 Å².